The fraction of sp³-hybridized carbons (Fsp3) is 0.769. The van der Waals surface area contributed by atoms with E-state index in [1.807, 2.05) is 0 Å². The van der Waals surface area contributed by atoms with E-state index in [-0.39, 0.29) is 37.4 Å². The second-order valence-corrected chi connectivity index (χ2v) is 10.1. The molecule has 1 spiro atoms. The molecule has 2 bridgehead atoms. The van der Waals surface area contributed by atoms with Crippen LogP contribution < -0.4 is 0 Å². The second-order valence-electron chi connectivity index (χ2n) is 10.1. The molecule has 3 aliphatic rings. The summed E-state index contributed by atoms with van der Waals surface area (Å²) in [4.78, 5) is 40.7. The number of carboxylic acids is 1. The normalized spacial score (nSPS) is 31.4. The highest BCUT2D eigenvalue weighted by molar-refractivity contribution is 6.11. The Balaban J connectivity index is 1.61. The van der Waals surface area contributed by atoms with Gasteiger partial charge in [0.2, 0.25) is 5.79 Å². The number of aliphatic imine (C=N–C) groups is 1. The zero-order valence-corrected chi connectivity index (χ0v) is 20.2. The average Bonchev–Trinajstić information content (AvgIpc) is 3.16. The fourth-order valence-corrected chi connectivity index (χ4v) is 5.87. The number of aliphatic carboxylic acids is 1. The summed E-state index contributed by atoms with van der Waals surface area (Å²) in [6.07, 6.45) is 9.25. The first-order valence-corrected chi connectivity index (χ1v) is 12.8. The standard InChI is InChI=1S/C26H39NO7/c1-2-3-7-10-18-21(15-20(29)19(28)11-8-5-4-6-9-12-24(31)32)34-26(33)17-25(18)13-14-27-22(25)16-23(26)30/h3,7,18-19,21,28,33H,2,4-6,8-17H2,1H3,(H,31,32)/t18-,19+,21-,25?,26-/m0/s1. The van der Waals surface area contributed by atoms with E-state index < -0.39 is 35.2 Å². The molecule has 2 heterocycles. The molecular formula is C26H39NO7. The summed E-state index contributed by atoms with van der Waals surface area (Å²) in [5.74, 6) is -3.49. The number of Topliss-reactive ketones (excluding diaryl/α,β-unsaturated/α-hetero) is 2. The van der Waals surface area contributed by atoms with Crippen LogP contribution in [0.3, 0.4) is 0 Å². The maximum absolute atomic E-state index is 12.9. The molecule has 8 heteroatoms. The van der Waals surface area contributed by atoms with Crippen LogP contribution in [0, 0.1) is 11.3 Å². The molecule has 1 aliphatic carbocycles. The maximum Gasteiger partial charge on any atom is 0.303 e. The van der Waals surface area contributed by atoms with Crippen molar-refractivity contribution in [2.75, 3.05) is 6.54 Å². The van der Waals surface area contributed by atoms with Gasteiger partial charge >= 0.3 is 5.97 Å². The van der Waals surface area contributed by atoms with Crippen molar-refractivity contribution < 1.29 is 34.4 Å². The molecule has 2 aliphatic heterocycles. The van der Waals surface area contributed by atoms with Gasteiger partial charge in [0.1, 0.15) is 6.10 Å². The van der Waals surface area contributed by atoms with Crippen molar-refractivity contribution in [1.29, 1.82) is 0 Å². The molecule has 0 radical (unpaired) electrons. The molecule has 3 N–H and O–H groups in total. The van der Waals surface area contributed by atoms with E-state index >= 15 is 0 Å². The van der Waals surface area contributed by atoms with Gasteiger partial charge in [0.05, 0.1) is 12.5 Å². The second kappa shape index (κ2) is 11.7. The Hall–Kier alpha value is -1.90. The zero-order chi connectivity index (χ0) is 24.8. The Morgan fingerprint density at radius 1 is 1.21 bits per heavy atom. The quantitative estimate of drug-likeness (QED) is 0.258. The monoisotopic (exact) mass is 477 g/mol. The Kier molecular flexibility index (Phi) is 9.18. The molecule has 0 aromatic heterocycles. The average molecular weight is 478 g/mol. The molecule has 0 amide bonds. The van der Waals surface area contributed by atoms with E-state index in [1.54, 1.807) is 0 Å². The summed E-state index contributed by atoms with van der Waals surface area (Å²) in [6.45, 7) is 2.67. The number of carbonyl (C=O) groups is 3. The van der Waals surface area contributed by atoms with Crippen LogP contribution >= 0.6 is 0 Å². The van der Waals surface area contributed by atoms with Gasteiger partial charge in [0.15, 0.2) is 11.6 Å². The van der Waals surface area contributed by atoms with E-state index in [4.69, 9.17) is 9.84 Å². The minimum absolute atomic E-state index is 0.0466. The fourth-order valence-electron chi connectivity index (χ4n) is 5.87. The van der Waals surface area contributed by atoms with Crippen LogP contribution in [-0.4, -0.2) is 63.1 Å². The van der Waals surface area contributed by atoms with Crippen LogP contribution in [0.4, 0.5) is 0 Å². The predicted molar refractivity (Wildman–Crippen MR) is 127 cm³/mol. The summed E-state index contributed by atoms with van der Waals surface area (Å²) in [7, 11) is 0. The molecule has 190 valence electrons. The van der Waals surface area contributed by atoms with Gasteiger partial charge in [-0.1, -0.05) is 44.8 Å². The van der Waals surface area contributed by atoms with Crippen LogP contribution in [0.25, 0.3) is 0 Å². The van der Waals surface area contributed by atoms with Crippen molar-refractivity contribution in [3.05, 3.63) is 12.2 Å². The van der Waals surface area contributed by atoms with Gasteiger partial charge in [-0.3, -0.25) is 19.4 Å². The lowest BCUT2D eigenvalue weighted by Gasteiger charge is -2.54. The largest absolute Gasteiger partial charge is 0.481 e. The van der Waals surface area contributed by atoms with Crippen LogP contribution in [0.2, 0.25) is 0 Å². The van der Waals surface area contributed by atoms with Gasteiger partial charge in [0, 0.05) is 42.9 Å². The van der Waals surface area contributed by atoms with Crippen molar-refractivity contribution >= 4 is 23.2 Å². The molecule has 34 heavy (non-hydrogen) atoms. The Morgan fingerprint density at radius 2 is 1.94 bits per heavy atom. The van der Waals surface area contributed by atoms with E-state index in [0.717, 1.165) is 37.8 Å². The minimum atomic E-state index is -1.89. The van der Waals surface area contributed by atoms with E-state index in [0.29, 0.717) is 32.2 Å². The highest BCUT2D eigenvalue weighted by atomic mass is 16.6. The SMILES string of the molecule is CCC=CC[C@H]1[C@H](CC(=O)[C@H](O)CCCCCCCC(=O)O)O[C@@]2(O)CC13CCN=C3CC2=O. The number of carbonyl (C=O) groups excluding carboxylic acids is 2. The number of hydrogen-bond acceptors (Lipinski definition) is 7. The molecule has 1 saturated carbocycles. The predicted octanol–water partition coefficient (Wildman–Crippen LogP) is 3.38. The number of nitrogens with zero attached hydrogens (tertiary/aromatic N) is 1. The third kappa shape index (κ3) is 6.01. The third-order valence-electron chi connectivity index (χ3n) is 7.69. The number of carboxylic acid groups (broad SMARTS) is 1. The molecule has 0 aromatic rings. The van der Waals surface area contributed by atoms with E-state index in [1.165, 1.54) is 0 Å². The number of fused-ring (bicyclic) bond motifs is 1. The lowest BCUT2D eigenvalue weighted by Crippen LogP contribution is -2.64. The highest BCUT2D eigenvalue weighted by Crippen LogP contribution is 2.56. The maximum atomic E-state index is 12.9. The van der Waals surface area contributed by atoms with Crippen LogP contribution in [0.5, 0.6) is 0 Å². The number of rotatable bonds is 14. The molecule has 0 aromatic carbocycles. The first-order valence-electron chi connectivity index (χ1n) is 12.8. The van der Waals surface area contributed by atoms with Gasteiger partial charge in [-0.25, -0.2) is 0 Å². The van der Waals surface area contributed by atoms with Crippen molar-refractivity contribution in [2.24, 2.45) is 16.3 Å². The number of unbranched alkanes of at least 4 members (excludes halogenated alkanes) is 4. The number of aliphatic hydroxyl groups excluding tert-OH is 1. The highest BCUT2D eigenvalue weighted by Gasteiger charge is 2.63. The van der Waals surface area contributed by atoms with Crippen LogP contribution in [0.15, 0.2) is 17.1 Å². The Morgan fingerprint density at radius 3 is 2.68 bits per heavy atom. The molecular weight excluding hydrogens is 438 g/mol. The van der Waals surface area contributed by atoms with E-state index in [2.05, 4.69) is 24.1 Å². The number of ketones is 2. The third-order valence-corrected chi connectivity index (χ3v) is 7.69. The molecule has 2 fully saturated rings. The molecule has 3 rings (SSSR count). The Bertz CT molecular complexity index is 822. The molecule has 1 unspecified atom stereocenters. The first-order chi connectivity index (χ1) is 16.2. The van der Waals surface area contributed by atoms with Crippen LogP contribution in [-0.2, 0) is 19.1 Å². The van der Waals surface area contributed by atoms with Gasteiger partial charge < -0.3 is 20.1 Å². The van der Waals surface area contributed by atoms with Crippen LogP contribution in [0.1, 0.15) is 90.4 Å². The summed E-state index contributed by atoms with van der Waals surface area (Å²) in [5, 5.41) is 30.2. The number of hydrogen-bond donors (Lipinski definition) is 3. The number of aliphatic hydroxyl groups is 2. The van der Waals surface area contributed by atoms with Gasteiger partial charge in [-0.05, 0) is 32.1 Å². The summed E-state index contributed by atoms with van der Waals surface area (Å²) < 4.78 is 5.95. The lowest BCUT2D eigenvalue weighted by atomic mass is 9.57. The Labute approximate surface area is 201 Å². The van der Waals surface area contributed by atoms with Gasteiger partial charge in [-0.15, -0.1) is 0 Å². The molecule has 5 atom stereocenters. The van der Waals surface area contributed by atoms with Crippen molar-refractivity contribution in [3.8, 4) is 0 Å². The summed E-state index contributed by atoms with van der Waals surface area (Å²) in [5.41, 5.74) is 0.395. The van der Waals surface area contributed by atoms with Crippen molar-refractivity contribution in [1.82, 2.24) is 0 Å². The number of ether oxygens (including phenoxy) is 1. The molecule has 1 saturated heterocycles. The van der Waals surface area contributed by atoms with Gasteiger partial charge in [-0.2, -0.15) is 0 Å². The summed E-state index contributed by atoms with van der Waals surface area (Å²) in [6, 6.07) is 0. The first kappa shape index (κ1) is 26.7. The summed E-state index contributed by atoms with van der Waals surface area (Å²) >= 11 is 0. The van der Waals surface area contributed by atoms with E-state index in [9.17, 15) is 24.6 Å². The lowest BCUT2D eigenvalue weighted by molar-refractivity contribution is -0.277. The van der Waals surface area contributed by atoms with Gasteiger partial charge in [0.25, 0.3) is 0 Å². The minimum Gasteiger partial charge on any atom is -0.481 e. The van der Waals surface area contributed by atoms with Crippen molar-refractivity contribution in [2.45, 2.75) is 108 Å². The smallest absolute Gasteiger partial charge is 0.303 e. The van der Waals surface area contributed by atoms with Crippen molar-refractivity contribution in [3.63, 3.8) is 0 Å². The topological polar surface area (TPSA) is 133 Å². The molecule has 8 nitrogen and oxygen atoms in total. The number of allylic oxidation sites excluding steroid dienone is 2. The zero-order valence-electron chi connectivity index (χ0n) is 20.2.